The van der Waals surface area contributed by atoms with Crippen LogP contribution in [0.2, 0.25) is 0 Å². The van der Waals surface area contributed by atoms with Crippen molar-refractivity contribution in [3.63, 3.8) is 0 Å². The SMILES string of the molecule is COc1cc(F)ccc1/C(=N/O)c1cccc(Br)c1F. The second kappa shape index (κ2) is 6.00. The van der Waals surface area contributed by atoms with Gasteiger partial charge in [-0.3, -0.25) is 0 Å². The summed E-state index contributed by atoms with van der Waals surface area (Å²) in [6.45, 7) is 0. The lowest BCUT2D eigenvalue weighted by Crippen LogP contribution is -2.08. The van der Waals surface area contributed by atoms with Gasteiger partial charge in [0.15, 0.2) is 0 Å². The predicted molar refractivity (Wildman–Crippen MR) is 74.5 cm³/mol. The zero-order valence-electron chi connectivity index (χ0n) is 10.4. The molecule has 0 spiro atoms. The Morgan fingerprint density at radius 1 is 1.20 bits per heavy atom. The number of methoxy groups -OCH3 is 1. The first-order chi connectivity index (χ1) is 9.58. The van der Waals surface area contributed by atoms with Gasteiger partial charge in [0.25, 0.3) is 0 Å². The Morgan fingerprint density at radius 2 is 1.95 bits per heavy atom. The van der Waals surface area contributed by atoms with Gasteiger partial charge in [0.1, 0.15) is 23.1 Å². The van der Waals surface area contributed by atoms with E-state index in [1.165, 1.54) is 31.4 Å². The van der Waals surface area contributed by atoms with E-state index in [0.29, 0.717) is 0 Å². The minimum Gasteiger partial charge on any atom is -0.496 e. The highest BCUT2D eigenvalue weighted by molar-refractivity contribution is 9.10. The number of rotatable bonds is 3. The minimum atomic E-state index is -0.577. The number of oxime groups is 1. The Morgan fingerprint density at radius 3 is 2.60 bits per heavy atom. The van der Waals surface area contributed by atoms with E-state index in [1.807, 2.05) is 0 Å². The molecule has 0 aliphatic carbocycles. The van der Waals surface area contributed by atoms with Crippen LogP contribution in [0.1, 0.15) is 11.1 Å². The fourth-order valence-corrected chi connectivity index (χ4v) is 2.17. The van der Waals surface area contributed by atoms with Gasteiger partial charge < -0.3 is 9.94 Å². The van der Waals surface area contributed by atoms with E-state index in [1.54, 1.807) is 6.07 Å². The van der Waals surface area contributed by atoms with Crippen molar-refractivity contribution < 1.29 is 18.7 Å². The van der Waals surface area contributed by atoms with Gasteiger partial charge in [0, 0.05) is 17.2 Å². The molecule has 0 heterocycles. The lowest BCUT2D eigenvalue weighted by atomic mass is 10.0. The van der Waals surface area contributed by atoms with Crippen LogP contribution in [0.5, 0.6) is 5.75 Å². The highest BCUT2D eigenvalue weighted by Crippen LogP contribution is 2.26. The molecule has 1 N–H and O–H groups in total. The summed E-state index contributed by atoms with van der Waals surface area (Å²) in [6, 6.07) is 8.26. The summed E-state index contributed by atoms with van der Waals surface area (Å²) in [5.74, 6) is -0.929. The van der Waals surface area contributed by atoms with Crippen molar-refractivity contribution >= 4 is 21.6 Å². The van der Waals surface area contributed by atoms with Gasteiger partial charge in [0.05, 0.1) is 11.6 Å². The number of halogens is 3. The van der Waals surface area contributed by atoms with E-state index in [0.717, 1.165) is 6.07 Å². The molecular weight excluding hydrogens is 332 g/mol. The molecule has 0 saturated carbocycles. The molecule has 0 aliphatic rings. The van der Waals surface area contributed by atoms with E-state index >= 15 is 0 Å². The molecule has 2 aromatic rings. The van der Waals surface area contributed by atoms with Crippen LogP contribution in [-0.2, 0) is 0 Å². The standard InChI is InChI=1S/C14H10BrF2NO2/c1-20-12-7-8(16)5-6-9(12)14(18-19)10-3-2-4-11(15)13(10)17/h2-7,19H,1H3/b18-14-. The summed E-state index contributed by atoms with van der Waals surface area (Å²) in [5.41, 5.74) is 0.320. The zero-order valence-corrected chi connectivity index (χ0v) is 12.0. The molecule has 0 unspecified atom stereocenters. The van der Waals surface area contributed by atoms with E-state index < -0.39 is 11.6 Å². The van der Waals surface area contributed by atoms with E-state index in [2.05, 4.69) is 21.1 Å². The number of hydrogen-bond donors (Lipinski definition) is 1. The Kier molecular flexibility index (Phi) is 4.34. The highest BCUT2D eigenvalue weighted by atomic mass is 79.9. The maximum Gasteiger partial charge on any atom is 0.146 e. The fourth-order valence-electron chi connectivity index (χ4n) is 1.80. The van der Waals surface area contributed by atoms with Gasteiger partial charge >= 0.3 is 0 Å². The molecule has 104 valence electrons. The molecule has 20 heavy (non-hydrogen) atoms. The monoisotopic (exact) mass is 341 g/mol. The Labute approximate surface area is 122 Å². The van der Waals surface area contributed by atoms with Crippen molar-refractivity contribution in [3.8, 4) is 5.75 Å². The molecule has 2 aromatic carbocycles. The molecule has 0 amide bonds. The zero-order chi connectivity index (χ0) is 14.7. The van der Waals surface area contributed by atoms with Crippen LogP contribution in [0, 0.1) is 11.6 Å². The van der Waals surface area contributed by atoms with E-state index in [4.69, 9.17) is 4.74 Å². The Bertz CT molecular complexity index is 674. The third-order valence-electron chi connectivity index (χ3n) is 2.73. The summed E-state index contributed by atoms with van der Waals surface area (Å²) >= 11 is 3.06. The number of benzene rings is 2. The molecule has 0 aromatic heterocycles. The van der Waals surface area contributed by atoms with Crippen LogP contribution >= 0.6 is 15.9 Å². The maximum absolute atomic E-state index is 14.1. The quantitative estimate of drug-likeness (QED) is 0.521. The molecule has 0 fully saturated rings. The largest absolute Gasteiger partial charge is 0.496 e. The first-order valence-electron chi connectivity index (χ1n) is 5.58. The van der Waals surface area contributed by atoms with Crippen molar-refractivity contribution in [2.24, 2.45) is 5.16 Å². The number of nitrogens with zero attached hydrogens (tertiary/aromatic N) is 1. The van der Waals surface area contributed by atoms with Crippen molar-refractivity contribution in [3.05, 3.63) is 63.6 Å². The van der Waals surface area contributed by atoms with Crippen LogP contribution < -0.4 is 4.74 Å². The van der Waals surface area contributed by atoms with Crippen molar-refractivity contribution in [2.45, 2.75) is 0 Å². The average molecular weight is 342 g/mol. The molecule has 3 nitrogen and oxygen atoms in total. The summed E-state index contributed by atoms with van der Waals surface area (Å²) in [5, 5.41) is 12.3. The third-order valence-corrected chi connectivity index (χ3v) is 3.34. The van der Waals surface area contributed by atoms with Gasteiger partial charge in [-0.2, -0.15) is 0 Å². The third kappa shape index (κ3) is 2.65. The first kappa shape index (κ1) is 14.5. The fraction of sp³-hybridized carbons (Fsp3) is 0.0714. The van der Waals surface area contributed by atoms with E-state index in [9.17, 15) is 14.0 Å². The molecular formula is C14H10BrF2NO2. The van der Waals surface area contributed by atoms with Gasteiger partial charge in [-0.15, -0.1) is 0 Å². The van der Waals surface area contributed by atoms with Gasteiger partial charge in [-0.05, 0) is 40.2 Å². The number of hydrogen-bond acceptors (Lipinski definition) is 3. The summed E-state index contributed by atoms with van der Waals surface area (Å²) in [7, 11) is 1.35. The lowest BCUT2D eigenvalue weighted by molar-refractivity contribution is 0.319. The average Bonchev–Trinajstić information content (AvgIpc) is 2.45. The molecule has 0 bridgehead atoms. The predicted octanol–water partition coefficient (Wildman–Crippen LogP) is 3.96. The van der Waals surface area contributed by atoms with Gasteiger partial charge in [0.2, 0.25) is 0 Å². The molecule has 0 aliphatic heterocycles. The van der Waals surface area contributed by atoms with Crippen LogP contribution in [0.25, 0.3) is 0 Å². The van der Waals surface area contributed by atoms with Crippen molar-refractivity contribution in [2.75, 3.05) is 7.11 Å². The highest BCUT2D eigenvalue weighted by Gasteiger charge is 2.18. The molecule has 0 saturated heterocycles. The normalized spacial score (nSPS) is 11.5. The molecule has 6 heteroatoms. The van der Waals surface area contributed by atoms with Gasteiger partial charge in [-0.1, -0.05) is 11.2 Å². The second-order valence-corrected chi connectivity index (χ2v) is 4.75. The van der Waals surface area contributed by atoms with Crippen molar-refractivity contribution in [1.82, 2.24) is 0 Å². The summed E-state index contributed by atoms with van der Waals surface area (Å²) in [6.07, 6.45) is 0. The molecule has 2 rings (SSSR count). The second-order valence-electron chi connectivity index (χ2n) is 3.89. The van der Waals surface area contributed by atoms with Crippen LogP contribution in [0.4, 0.5) is 8.78 Å². The first-order valence-corrected chi connectivity index (χ1v) is 6.38. The van der Waals surface area contributed by atoms with Crippen LogP contribution in [0.15, 0.2) is 46.0 Å². The Hall–Kier alpha value is -1.95. The van der Waals surface area contributed by atoms with E-state index in [-0.39, 0.29) is 27.1 Å². The Balaban J connectivity index is 2.62. The van der Waals surface area contributed by atoms with Crippen molar-refractivity contribution in [1.29, 1.82) is 0 Å². The smallest absolute Gasteiger partial charge is 0.146 e. The summed E-state index contributed by atoms with van der Waals surface area (Å²) < 4.78 is 32.5. The van der Waals surface area contributed by atoms with Crippen LogP contribution in [0.3, 0.4) is 0 Å². The minimum absolute atomic E-state index is 0.0411. The summed E-state index contributed by atoms with van der Waals surface area (Å²) in [4.78, 5) is 0. The lowest BCUT2D eigenvalue weighted by Gasteiger charge is -2.11. The molecule has 0 radical (unpaired) electrons. The van der Waals surface area contributed by atoms with Gasteiger partial charge in [-0.25, -0.2) is 8.78 Å². The topological polar surface area (TPSA) is 41.8 Å². The number of ether oxygens (including phenoxy) is 1. The molecule has 0 atom stereocenters. The van der Waals surface area contributed by atoms with Crippen LogP contribution in [-0.4, -0.2) is 18.0 Å². The maximum atomic E-state index is 14.1.